The smallest absolute Gasteiger partial charge is 0.250 e. The third-order valence-electron chi connectivity index (χ3n) is 6.46. The second-order valence-electron chi connectivity index (χ2n) is 9.63. The standard InChI is InChI=1S/C31H40N4O2/c1-5-8-16-34(4)17-13-25-18-23(10-12-27(25)22-36)24-9-11-26-19-28(21-30(32)33-29(26)20-24)31(37)35(14-6-2)15-7-3/h9-13,17-20,22H,5-8,14-16,21H2,1-4H3,(H2,32,33)/b17-13-. The molecule has 1 heterocycles. The van der Waals surface area contributed by atoms with E-state index in [1.807, 2.05) is 66.7 Å². The monoisotopic (exact) mass is 500 g/mol. The van der Waals surface area contributed by atoms with Crippen LogP contribution in [0.25, 0.3) is 23.3 Å². The van der Waals surface area contributed by atoms with Gasteiger partial charge < -0.3 is 15.5 Å². The molecule has 1 aliphatic rings. The van der Waals surface area contributed by atoms with Gasteiger partial charge in [0, 0.05) is 49.8 Å². The first-order valence-corrected chi connectivity index (χ1v) is 13.3. The lowest BCUT2D eigenvalue weighted by molar-refractivity contribution is -0.127. The maximum atomic E-state index is 13.2. The molecule has 6 heteroatoms. The number of amides is 1. The number of hydrogen-bond donors (Lipinski definition) is 1. The maximum Gasteiger partial charge on any atom is 0.250 e. The summed E-state index contributed by atoms with van der Waals surface area (Å²) in [5, 5.41) is 0. The lowest BCUT2D eigenvalue weighted by Gasteiger charge is -2.22. The number of aliphatic imine (C=N–C) groups is 1. The van der Waals surface area contributed by atoms with Crippen molar-refractivity contribution in [3.05, 3.63) is 64.9 Å². The summed E-state index contributed by atoms with van der Waals surface area (Å²) in [7, 11) is 2.04. The first-order valence-electron chi connectivity index (χ1n) is 13.3. The summed E-state index contributed by atoms with van der Waals surface area (Å²) in [4.78, 5) is 33.6. The van der Waals surface area contributed by atoms with Crippen molar-refractivity contribution in [2.45, 2.75) is 52.9 Å². The van der Waals surface area contributed by atoms with Gasteiger partial charge in [0.1, 0.15) is 5.84 Å². The van der Waals surface area contributed by atoms with Crippen LogP contribution < -0.4 is 5.73 Å². The molecule has 0 saturated heterocycles. The Morgan fingerprint density at radius 3 is 2.35 bits per heavy atom. The van der Waals surface area contributed by atoms with Crippen molar-refractivity contribution in [3.8, 4) is 11.1 Å². The Hall–Kier alpha value is -3.67. The van der Waals surface area contributed by atoms with Gasteiger partial charge in [-0.25, -0.2) is 4.99 Å². The van der Waals surface area contributed by atoms with Gasteiger partial charge >= 0.3 is 0 Å². The number of carbonyl (C=O) groups excluding carboxylic acids is 2. The molecule has 196 valence electrons. The van der Waals surface area contributed by atoms with Crippen LogP contribution in [0.4, 0.5) is 5.69 Å². The van der Waals surface area contributed by atoms with Crippen molar-refractivity contribution in [3.63, 3.8) is 0 Å². The van der Waals surface area contributed by atoms with Gasteiger partial charge in [0.2, 0.25) is 5.91 Å². The van der Waals surface area contributed by atoms with Crippen LogP contribution in [-0.4, -0.2) is 54.5 Å². The van der Waals surface area contributed by atoms with Crippen LogP contribution in [0.3, 0.4) is 0 Å². The van der Waals surface area contributed by atoms with Gasteiger partial charge in [-0.2, -0.15) is 0 Å². The molecule has 3 rings (SSSR count). The third kappa shape index (κ3) is 7.42. The topological polar surface area (TPSA) is 79.0 Å². The van der Waals surface area contributed by atoms with E-state index in [9.17, 15) is 9.59 Å². The van der Waals surface area contributed by atoms with E-state index < -0.39 is 0 Å². The van der Waals surface area contributed by atoms with Crippen LogP contribution in [0, 0.1) is 0 Å². The summed E-state index contributed by atoms with van der Waals surface area (Å²) in [5.74, 6) is 0.460. The molecule has 0 bridgehead atoms. The summed E-state index contributed by atoms with van der Waals surface area (Å²) in [6.07, 6.45) is 11.3. The van der Waals surface area contributed by atoms with E-state index in [1.54, 1.807) is 0 Å². The van der Waals surface area contributed by atoms with Gasteiger partial charge in [0.25, 0.3) is 0 Å². The van der Waals surface area contributed by atoms with E-state index in [0.717, 1.165) is 79.5 Å². The number of rotatable bonds is 12. The Balaban J connectivity index is 1.94. The molecule has 2 N–H and O–H groups in total. The predicted molar refractivity (Wildman–Crippen MR) is 155 cm³/mol. The normalized spacial score (nSPS) is 13.0. The number of nitrogens with zero attached hydrogens (tertiary/aromatic N) is 3. The van der Waals surface area contributed by atoms with Gasteiger partial charge in [0.05, 0.1) is 5.69 Å². The fraction of sp³-hybridized carbons (Fsp3) is 0.387. The zero-order chi connectivity index (χ0) is 26.8. The number of unbranched alkanes of at least 4 members (excludes halogenated alkanes) is 1. The van der Waals surface area contributed by atoms with Gasteiger partial charge in [-0.3, -0.25) is 9.59 Å². The van der Waals surface area contributed by atoms with Gasteiger partial charge in [-0.15, -0.1) is 0 Å². The molecular formula is C31H40N4O2. The number of carbonyl (C=O) groups is 2. The van der Waals surface area contributed by atoms with Crippen LogP contribution in [0.5, 0.6) is 0 Å². The fourth-order valence-electron chi connectivity index (χ4n) is 4.46. The molecule has 0 spiro atoms. The molecule has 6 nitrogen and oxygen atoms in total. The highest BCUT2D eigenvalue weighted by Crippen LogP contribution is 2.33. The van der Waals surface area contributed by atoms with E-state index >= 15 is 0 Å². The molecule has 1 amide bonds. The zero-order valence-electron chi connectivity index (χ0n) is 22.7. The van der Waals surface area contributed by atoms with Crippen LogP contribution in [0.15, 0.2) is 53.2 Å². The first-order chi connectivity index (χ1) is 17.9. The van der Waals surface area contributed by atoms with Crippen LogP contribution >= 0.6 is 0 Å². The van der Waals surface area contributed by atoms with Crippen LogP contribution in [-0.2, 0) is 4.79 Å². The molecule has 0 unspecified atom stereocenters. The van der Waals surface area contributed by atoms with E-state index in [1.165, 1.54) is 0 Å². The minimum Gasteiger partial charge on any atom is -0.387 e. The molecular weight excluding hydrogens is 460 g/mol. The second-order valence-corrected chi connectivity index (χ2v) is 9.63. The Morgan fingerprint density at radius 2 is 1.68 bits per heavy atom. The number of benzene rings is 2. The summed E-state index contributed by atoms with van der Waals surface area (Å²) in [5.41, 5.74) is 12.0. The number of hydrogen-bond acceptors (Lipinski definition) is 5. The summed E-state index contributed by atoms with van der Waals surface area (Å²) < 4.78 is 0. The Labute approximate surface area is 221 Å². The average Bonchev–Trinajstić information content (AvgIpc) is 3.07. The lowest BCUT2D eigenvalue weighted by Crippen LogP contribution is -2.34. The van der Waals surface area contributed by atoms with E-state index in [4.69, 9.17) is 5.73 Å². The number of fused-ring (bicyclic) bond motifs is 1. The first kappa shape index (κ1) is 27.9. The fourth-order valence-corrected chi connectivity index (χ4v) is 4.46. The highest BCUT2D eigenvalue weighted by molar-refractivity contribution is 6.05. The van der Waals surface area contributed by atoms with Crippen molar-refractivity contribution in [2.24, 2.45) is 10.7 Å². The zero-order valence-corrected chi connectivity index (χ0v) is 22.7. The van der Waals surface area contributed by atoms with Crippen molar-refractivity contribution >= 4 is 35.9 Å². The molecule has 0 saturated carbocycles. The van der Waals surface area contributed by atoms with Gasteiger partial charge in [-0.1, -0.05) is 51.5 Å². The Morgan fingerprint density at radius 1 is 0.973 bits per heavy atom. The predicted octanol–water partition coefficient (Wildman–Crippen LogP) is 6.29. The molecule has 0 atom stereocenters. The second kappa shape index (κ2) is 13.6. The molecule has 0 radical (unpaired) electrons. The van der Waals surface area contributed by atoms with Gasteiger partial charge in [0.15, 0.2) is 6.29 Å². The highest BCUT2D eigenvalue weighted by atomic mass is 16.2. The SMILES string of the molecule is CCCCN(C)/C=C\c1cc(-c2ccc3c(c2)N=C(N)CC(C(=O)N(CCC)CCC)=C3)ccc1C=O. The summed E-state index contributed by atoms with van der Waals surface area (Å²) in [6, 6.07) is 11.8. The summed E-state index contributed by atoms with van der Waals surface area (Å²) in [6.45, 7) is 8.77. The lowest BCUT2D eigenvalue weighted by atomic mass is 9.97. The van der Waals surface area contributed by atoms with E-state index in [-0.39, 0.29) is 5.91 Å². The van der Waals surface area contributed by atoms with Crippen molar-refractivity contribution in [2.75, 3.05) is 26.7 Å². The minimum atomic E-state index is 0.0311. The highest BCUT2D eigenvalue weighted by Gasteiger charge is 2.21. The number of amidine groups is 1. The summed E-state index contributed by atoms with van der Waals surface area (Å²) >= 11 is 0. The molecule has 0 aliphatic carbocycles. The Kier molecular flexibility index (Phi) is 10.2. The quantitative estimate of drug-likeness (QED) is 0.347. The van der Waals surface area contributed by atoms with E-state index in [0.29, 0.717) is 23.4 Å². The van der Waals surface area contributed by atoms with Crippen LogP contribution in [0.2, 0.25) is 0 Å². The Bertz CT molecular complexity index is 1190. The number of aldehydes is 1. The van der Waals surface area contributed by atoms with Crippen molar-refractivity contribution < 1.29 is 9.59 Å². The van der Waals surface area contributed by atoms with Crippen LogP contribution in [0.1, 0.15) is 74.4 Å². The number of nitrogens with two attached hydrogens (primary N) is 1. The molecule has 0 fully saturated rings. The maximum absolute atomic E-state index is 13.2. The molecule has 2 aromatic rings. The minimum absolute atomic E-state index is 0.0311. The van der Waals surface area contributed by atoms with Crippen molar-refractivity contribution in [1.82, 2.24) is 9.80 Å². The average molecular weight is 501 g/mol. The van der Waals surface area contributed by atoms with E-state index in [2.05, 4.69) is 30.7 Å². The van der Waals surface area contributed by atoms with Crippen molar-refractivity contribution in [1.29, 1.82) is 0 Å². The molecule has 0 aromatic heterocycles. The third-order valence-corrected chi connectivity index (χ3v) is 6.46. The molecule has 37 heavy (non-hydrogen) atoms. The van der Waals surface area contributed by atoms with Gasteiger partial charge in [-0.05, 0) is 66.4 Å². The molecule has 2 aromatic carbocycles. The largest absolute Gasteiger partial charge is 0.387 e. The molecule has 1 aliphatic heterocycles.